The molecule has 5 rings (SSSR count). The number of carbonyl (C=O) groups is 9. The largest absolute Gasteiger partial charge is 0.480 e. The van der Waals surface area contributed by atoms with Crippen LogP contribution < -0.4 is 94.1 Å². The third-order valence-electron chi connectivity index (χ3n) is 16.8. The highest BCUT2D eigenvalue weighted by Crippen LogP contribution is 2.22. The maximum atomic E-state index is 14.9. The lowest BCUT2D eigenvalue weighted by atomic mass is 9.96. The number of aliphatic imine (C=N–C) groups is 3. The molecule has 0 saturated heterocycles. The van der Waals surface area contributed by atoms with Gasteiger partial charge >= 0.3 is 5.97 Å². The number of unbranched alkanes of at least 4 members (excludes halogenated alkanes) is 2. The predicted molar refractivity (Wildman–Crippen MR) is 380 cm³/mol. The van der Waals surface area contributed by atoms with Crippen molar-refractivity contribution >= 4 is 92.9 Å². The fourth-order valence-electron chi connectivity index (χ4n) is 11.1. The molecule has 5 aromatic rings. The summed E-state index contributed by atoms with van der Waals surface area (Å²) in [5.74, 6) is -8.68. The summed E-state index contributed by atoms with van der Waals surface area (Å²) in [6.45, 7) is 4.31. The quantitative estimate of drug-likeness (QED) is 0.0119. The summed E-state index contributed by atoms with van der Waals surface area (Å²) < 4.78 is 0. The number of fused-ring (bicyclic) bond motifs is 2. The molecule has 99 heavy (non-hydrogen) atoms. The number of hydrogen-bond acceptors (Lipinski definition) is 15. The van der Waals surface area contributed by atoms with Crippen LogP contribution >= 0.6 is 0 Å². The molecule has 0 fully saturated rings. The molecule has 29 N–H and O–H groups in total. The molecule has 0 unspecified atom stereocenters. The summed E-state index contributed by atoms with van der Waals surface area (Å²) in [7, 11) is 0. The van der Waals surface area contributed by atoms with Crippen molar-refractivity contribution < 1.29 is 48.3 Å². The van der Waals surface area contributed by atoms with Gasteiger partial charge in [0.15, 0.2) is 17.9 Å². The van der Waals surface area contributed by atoms with E-state index in [2.05, 4.69) is 67.5 Å². The molecule has 10 atom stereocenters. The number of guanidine groups is 3. The zero-order valence-electron chi connectivity index (χ0n) is 56.4. The average Bonchev–Trinajstić information content (AvgIpc) is 1.78. The molecule has 32 nitrogen and oxygen atoms in total. The SMILES string of the molecule is CC[C@H](C)[C@H](NC(=O)[C@H](CCCN=C(N)N)NC(=O)[C@H](Cc1c[nH]c2ccccc12)NC(=O)[C@@H](N)CCCN=C(N)N)C(=O)N[C@@H](CCCCN)C(=O)N[C@@H](Cc1ccccc1)C(=O)N[C@@H](CCCCN)C(=O)N[C@@H](CCCN=C(N)N)C(=O)N[C@@H](Cc1c[nH]c2ccccc12)C(=O)O. The van der Waals surface area contributed by atoms with Crippen molar-refractivity contribution in [2.45, 2.75) is 171 Å². The molecule has 0 bridgehead atoms. The maximum Gasteiger partial charge on any atom is 0.326 e. The number of carbonyl (C=O) groups excluding carboxylic acids is 8. The number of nitrogens with zero attached hydrogens (tertiary/aromatic N) is 3. The first-order chi connectivity index (χ1) is 47.4. The lowest BCUT2D eigenvalue weighted by Gasteiger charge is -2.30. The zero-order valence-corrected chi connectivity index (χ0v) is 56.4. The van der Waals surface area contributed by atoms with E-state index in [1.54, 1.807) is 62.6 Å². The van der Waals surface area contributed by atoms with Crippen LogP contribution in [0.2, 0.25) is 0 Å². The van der Waals surface area contributed by atoms with Crippen LogP contribution in [0.4, 0.5) is 0 Å². The van der Waals surface area contributed by atoms with Gasteiger partial charge in [0.25, 0.3) is 0 Å². The van der Waals surface area contributed by atoms with Crippen LogP contribution in [0.3, 0.4) is 0 Å². The zero-order chi connectivity index (χ0) is 72.4. The number of amides is 8. The molecule has 540 valence electrons. The molecule has 3 aromatic carbocycles. The molecule has 0 radical (unpaired) electrons. The van der Waals surface area contributed by atoms with Gasteiger partial charge in [0.1, 0.15) is 48.3 Å². The molecular weight excluding hydrogens is 1270 g/mol. The Morgan fingerprint density at radius 2 is 0.778 bits per heavy atom. The first kappa shape index (κ1) is 79.3. The Bertz CT molecular complexity index is 3530. The van der Waals surface area contributed by atoms with Gasteiger partial charge in [-0.25, -0.2) is 4.79 Å². The van der Waals surface area contributed by atoms with Gasteiger partial charge in [0.2, 0.25) is 47.3 Å². The van der Waals surface area contributed by atoms with Crippen LogP contribution in [0, 0.1) is 5.92 Å². The number of carboxylic acids is 1. The van der Waals surface area contributed by atoms with Gasteiger partial charge in [0, 0.05) is 73.1 Å². The smallest absolute Gasteiger partial charge is 0.326 e. The minimum absolute atomic E-state index is 0.0171. The van der Waals surface area contributed by atoms with Crippen molar-refractivity contribution in [3.05, 3.63) is 108 Å². The average molecular weight is 1380 g/mol. The van der Waals surface area contributed by atoms with Crippen LogP contribution in [0.15, 0.2) is 106 Å². The first-order valence-electron chi connectivity index (χ1n) is 33.5. The Morgan fingerprint density at radius 3 is 1.21 bits per heavy atom. The topological polar surface area (TPSA) is 573 Å². The summed E-state index contributed by atoms with van der Waals surface area (Å²) in [6.07, 6.45) is 5.76. The van der Waals surface area contributed by atoms with Gasteiger partial charge in [-0.15, -0.1) is 0 Å². The number of rotatable bonds is 45. The molecule has 2 aromatic heterocycles. The van der Waals surface area contributed by atoms with Gasteiger partial charge in [0.05, 0.1) is 6.04 Å². The summed E-state index contributed by atoms with van der Waals surface area (Å²) in [5, 5.41) is 34.1. The van der Waals surface area contributed by atoms with Crippen LogP contribution in [-0.4, -0.2) is 173 Å². The second-order valence-corrected chi connectivity index (χ2v) is 24.5. The minimum Gasteiger partial charge on any atom is -0.480 e. The van der Waals surface area contributed by atoms with Crippen LogP contribution in [-0.2, 0) is 62.4 Å². The van der Waals surface area contributed by atoms with Gasteiger partial charge in [-0.2, -0.15) is 0 Å². The standard InChI is InChI=1S/C67H102N22O10/c1-3-39(2)55(89-60(94)51(28-17-33-79-67(75)76)84-62(96)53(35-41-37-80-46-23-9-7-20-43(41)46)86-56(90)45(70)22-15-31-77-65(71)72)63(97)85-49(26-12-14-30-69)58(92)87-52(34-40-18-5-4-6-19-40)61(95)83-48(25-11-13-29-68)57(91)82-50(27-16-32-78-66(73)74)59(93)88-54(64(98)99)36-42-38-81-47-24-10-8-21-44(42)47/h4-10,18-21,23-24,37-39,45,48-55,80-81H,3,11-17,22,25-36,68-70H2,1-2H3,(H,82,91)(H,83,95)(H,84,96)(H,85,97)(H,86,90)(H,87,92)(H,88,93)(H,89,94)(H,98,99)(H4,71,72,77)(H4,73,74,78)(H4,75,76,79)/t39-,45-,48-,49-,50-,51-,52-,53-,54-,55-/m0/s1. The van der Waals surface area contributed by atoms with E-state index in [1.807, 2.05) is 42.5 Å². The molecule has 2 heterocycles. The second-order valence-electron chi connectivity index (χ2n) is 24.5. The van der Waals surface area contributed by atoms with Gasteiger partial charge in [-0.3, -0.25) is 53.3 Å². The highest BCUT2D eigenvalue weighted by atomic mass is 16.4. The van der Waals surface area contributed by atoms with Crippen molar-refractivity contribution in [3.8, 4) is 0 Å². The fourth-order valence-corrected chi connectivity index (χ4v) is 11.1. The number of para-hydroxylation sites is 2. The van der Waals surface area contributed by atoms with E-state index in [-0.39, 0.29) is 115 Å². The maximum absolute atomic E-state index is 14.9. The predicted octanol–water partition coefficient (Wildman–Crippen LogP) is -1.57. The lowest BCUT2D eigenvalue weighted by molar-refractivity contribution is -0.142. The van der Waals surface area contributed by atoms with Crippen molar-refractivity contribution in [3.63, 3.8) is 0 Å². The van der Waals surface area contributed by atoms with Crippen LogP contribution in [0.5, 0.6) is 0 Å². The van der Waals surface area contributed by atoms with E-state index in [4.69, 9.17) is 51.6 Å². The van der Waals surface area contributed by atoms with Gasteiger partial charge in [-0.05, 0) is 125 Å². The summed E-state index contributed by atoms with van der Waals surface area (Å²) in [6, 6.07) is 11.5. The van der Waals surface area contributed by atoms with E-state index < -0.39 is 114 Å². The van der Waals surface area contributed by atoms with E-state index in [1.165, 1.54) is 0 Å². The Hall–Kier alpha value is -10.3. The van der Waals surface area contributed by atoms with Crippen molar-refractivity contribution in [2.75, 3.05) is 32.7 Å². The monoisotopic (exact) mass is 1370 g/mol. The molecule has 32 heteroatoms. The van der Waals surface area contributed by atoms with Gasteiger partial charge in [-0.1, -0.05) is 87.0 Å². The number of benzene rings is 3. The Balaban J connectivity index is 1.41. The summed E-state index contributed by atoms with van der Waals surface area (Å²) in [4.78, 5) is 148. The molecule has 0 saturated carbocycles. The number of nitrogens with one attached hydrogen (secondary N) is 10. The van der Waals surface area contributed by atoms with Gasteiger partial charge < -0.3 is 109 Å². The fraction of sp³-hybridized carbons (Fsp3) is 0.493. The molecule has 0 spiro atoms. The second kappa shape index (κ2) is 41.7. The van der Waals surface area contributed by atoms with Crippen LogP contribution in [0.1, 0.15) is 114 Å². The summed E-state index contributed by atoms with van der Waals surface area (Å²) in [5.41, 5.74) is 54.9. The lowest BCUT2D eigenvalue weighted by Crippen LogP contribution is -2.61. The number of hydrogen-bond donors (Lipinski definition) is 20. The molecule has 0 aliphatic carbocycles. The van der Waals surface area contributed by atoms with E-state index in [0.29, 0.717) is 55.2 Å². The van der Waals surface area contributed by atoms with Crippen LogP contribution in [0.25, 0.3) is 21.8 Å². The Morgan fingerprint density at radius 1 is 0.424 bits per heavy atom. The van der Waals surface area contributed by atoms with E-state index >= 15 is 0 Å². The van der Waals surface area contributed by atoms with E-state index in [0.717, 1.165) is 21.8 Å². The number of nitrogens with two attached hydrogens (primary N) is 9. The Labute approximate surface area is 575 Å². The minimum atomic E-state index is -1.43. The Kier molecular flexibility index (Phi) is 33.4. The third-order valence-corrected chi connectivity index (χ3v) is 16.8. The number of aliphatic carboxylic acids is 1. The molecule has 0 aliphatic heterocycles. The number of carboxylic acid groups (broad SMARTS) is 1. The number of H-pyrrole nitrogens is 2. The van der Waals surface area contributed by atoms with E-state index in [9.17, 15) is 48.3 Å². The third kappa shape index (κ3) is 26.9. The highest BCUT2D eigenvalue weighted by molar-refractivity contribution is 5.99. The van der Waals surface area contributed by atoms with Crippen molar-refractivity contribution in [1.29, 1.82) is 0 Å². The first-order valence-corrected chi connectivity index (χ1v) is 33.5. The molecule has 8 amide bonds. The molecule has 0 aliphatic rings. The number of aromatic amines is 2. The highest BCUT2D eigenvalue weighted by Gasteiger charge is 2.37. The molecular formula is C67H102N22O10. The number of aromatic nitrogens is 2. The normalized spacial score (nSPS) is 14.2. The van der Waals surface area contributed by atoms with Crippen molar-refractivity contribution in [2.24, 2.45) is 72.5 Å². The van der Waals surface area contributed by atoms with Crippen molar-refractivity contribution in [1.82, 2.24) is 52.5 Å². The summed E-state index contributed by atoms with van der Waals surface area (Å²) >= 11 is 0.